The molecule has 5 heteroatoms. The van der Waals surface area contributed by atoms with Crippen molar-refractivity contribution in [2.45, 2.75) is 38.1 Å². The molecule has 2 atom stereocenters. The summed E-state index contributed by atoms with van der Waals surface area (Å²) in [6.45, 7) is 0.784. The Hall–Kier alpha value is -1.10. The van der Waals surface area contributed by atoms with E-state index in [0.29, 0.717) is 11.9 Å². The van der Waals surface area contributed by atoms with Crippen molar-refractivity contribution in [3.63, 3.8) is 0 Å². The predicted molar refractivity (Wildman–Crippen MR) is 59.1 cm³/mol. The van der Waals surface area contributed by atoms with E-state index in [4.69, 9.17) is 11.5 Å². The summed E-state index contributed by atoms with van der Waals surface area (Å²) in [5.41, 5.74) is 11.2. The van der Waals surface area contributed by atoms with Crippen molar-refractivity contribution >= 4 is 5.82 Å². The predicted octanol–water partition coefficient (Wildman–Crippen LogP) is 0.940. The van der Waals surface area contributed by atoms with Gasteiger partial charge in [-0.25, -0.2) is 0 Å². The summed E-state index contributed by atoms with van der Waals surface area (Å²) in [4.78, 5) is 1.78. The van der Waals surface area contributed by atoms with Crippen LogP contribution in [0.4, 0.5) is 5.82 Å². The SMILES string of the molecule is NCCC1CCCC(n2ncc(N)n2)C1. The highest BCUT2D eigenvalue weighted by Crippen LogP contribution is 2.33. The highest BCUT2D eigenvalue weighted by molar-refractivity contribution is 5.19. The summed E-state index contributed by atoms with van der Waals surface area (Å²) in [5.74, 6) is 1.25. The second-order valence-corrected chi connectivity index (χ2v) is 4.35. The Morgan fingerprint density at radius 1 is 1.47 bits per heavy atom. The molecule has 0 saturated heterocycles. The van der Waals surface area contributed by atoms with Crippen molar-refractivity contribution in [2.75, 3.05) is 12.3 Å². The van der Waals surface area contributed by atoms with Crippen LogP contribution in [0.1, 0.15) is 38.1 Å². The van der Waals surface area contributed by atoms with Gasteiger partial charge in [-0.15, -0.1) is 5.10 Å². The smallest absolute Gasteiger partial charge is 0.165 e. The molecule has 2 rings (SSSR count). The maximum Gasteiger partial charge on any atom is 0.165 e. The van der Waals surface area contributed by atoms with E-state index in [1.54, 1.807) is 11.0 Å². The first-order chi connectivity index (χ1) is 7.29. The topological polar surface area (TPSA) is 82.8 Å². The molecule has 0 amide bonds. The van der Waals surface area contributed by atoms with Crippen LogP contribution in [0, 0.1) is 5.92 Å². The van der Waals surface area contributed by atoms with Crippen LogP contribution < -0.4 is 11.5 Å². The van der Waals surface area contributed by atoms with Crippen LogP contribution >= 0.6 is 0 Å². The Labute approximate surface area is 89.8 Å². The number of nitrogens with zero attached hydrogens (tertiary/aromatic N) is 3. The molecule has 0 spiro atoms. The van der Waals surface area contributed by atoms with Gasteiger partial charge in [0.1, 0.15) is 0 Å². The van der Waals surface area contributed by atoms with E-state index in [2.05, 4.69) is 10.2 Å². The molecule has 1 aliphatic rings. The van der Waals surface area contributed by atoms with Gasteiger partial charge >= 0.3 is 0 Å². The van der Waals surface area contributed by atoms with Crippen LogP contribution in [0.3, 0.4) is 0 Å². The third-order valence-electron chi connectivity index (χ3n) is 3.18. The van der Waals surface area contributed by atoms with Gasteiger partial charge in [-0.1, -0.05) is 12.8 Å². The van der Waals surface area contributed by atoms with Crippen LogP contribution in [0.2, 0.25) is 0 Å². The number of nitrogens with two attached hydrogens (primary N) is 2. The zero-order valence-corrected chi connectivity index (χ0v) is 8.97. The van der Waals surface area contributed by atoms with Gasteiger partial charge in [-0.05, 0) is 31.7 Å². The molecule has 15 heavy (non-hydrogen) atoms. The number of rotatable bonds is 3. The third kappa shape index (κ3) is 2.47. The molecule has 0 radical (unpaired) electrons. The standard InChI is InChI=1S/C10H19N5/c11-5-4-8-2-1-3-9(6-8)15-13-7-10(12)14-15/h7-9H,1-6,11H2,(H2,12,14). The quantitative estimate of drug-likeness (QED) is 0.776. The van der Waals surface area contributed by atoms with Gasteiger partial charge in [-0.3, -0.25) is 0 Å². The molecule has 1 aliphatic carbocycles. The monoisotopic (exact) mass is 209 g/mol. The fraction of sp³-hybridized carbons (Fsp3) is 0.800. The molecule has 4 N–H and O–H groups in total. The molecular formula is C10H19N5. The largest absolute Gasteiger partial charge is 0.381 e. The minimum atomic E-state index is 0.424. The summed E-state index contributed by atoms with van der Waals surface area (Å²) in [6.07, 6.45) is 7.58. The van der Waals surface area contributed by atoms with E-state index < -0.39 is 0 Å². The van der Waals surface area contributed by atoms with Crippen molar-refractivity contribution in [1.29, 1.82) is 0 Å². The summed E-state index contributed by atoms with van der Waals surface area (Å²) in [5, 5.41) is 8.36. The Morgan fingerprint density at radius 3 is 3.00 bits per heavy atom. The van der Waals surface area contributed by atoms with E-state index in [1.807, 2.05) is 0 Å². The van der Waals surface area contributed by atoms with E-state index in [0.717, 1.165) is 31.7 Å². The third-order valence-corrected chi connectivity index (χ3v) is 3.18. The highest BCUT2D eigenvalue weighted by Gasteiger charge is 2.23. The first-order valence-corrected chi connectivity index (χ1v) is 5.67. The molecule has 0 aliphatic heterocycles. The number of hydrogen-bond acceptors (Lipinski definition) is 4. The summed E-state index contributed by atoms with van der Waals surface area (Å²) in [6, 6.07) is 0.424. The Bertz CT molecular complexity index is 307. The lowest BCUT2D eigenvalue weighted by Crippen LogP contribution is -2.22. The zero-order valence-electron chi connectivity index (χ0n) is 8.97. The molecule has 1 heterocycles. The minimum absolute atomic E-state index is 0.424. The lowest BCUT2D eigenvalue weighted by molar-refractivity contribution is 0.228. The average Bonchev–Trinajstić information content (AvgIpc) is 2.66. The number of nitrogen functional groups attached to an aromatic ring is 1. The van der Waals surface area contributed by atoms with Crippen molar-refractivity contribution in [1.82, 2.24) is 15.0 Å². The molecule has 1 saturated carbocycles. The maximum atomic E-state index is 5.59. The van der Waals surface area contributed by atoms with Gasteiger partial charge < -0.3 is 11.5 Å². The van der Waals surface area contributed by atoms with Crippen LogP contribution in [-0.2, 0) is 0 Å². The first-order valence-electron chi connectivity index (χ1n) is 5.67. The number of hydrogen-bond donors (Lipinski definition) is 2. The number of aromatic nitrogens is 3. The van der Waals surface area contributed by atoms with E-state index in [1.165, 1.54) is 12.8 Å². The molecule has 84 valence electrons. The molecule has 1 aromatic rings. The maximum absolute atomic E-state index is 5.59. The number of anilines is 1. The van der Waals surface area contributed by atoms with Crippen LogP contribution in [0.25, 0.3) is 0 Å². The second-order valence-electron chi connectivity index (χ2n) is 4.35. The lowest BCUT2D eigenvalue weighted by atomic mass is 9.84. The molecule has 1 fully saturated rings. The molecule has 1 aromatic heterocycles. The molecule has 0 aromatic carbocycles. The summed E-state index contributed by atoms with van der Waals surface area (Å²) < 4.78 is 0. The highest BCUT2D eigenvalue weighted by atomic mass is 15.5. The fourth-order valence-electron chi connectivity index (χ4n) is 2.43. The van der Waals surface area contributed by atoms with Crippen LogP contribution in [-0.4, -0.2) is 21.5 Å². The Balaban J connectivity index is 1.98. The van der Waals surface area contributed by atoms with Crippen LogP contribution in [0.5, 0.6) is 0 Å². The van der Waals surface area contributed by atoms with E-state index >= 15 is 0 Å². The molecule has 5 nitrogen and oxygen atoms in total. The van der Waals surface area contributed by atoms with Gasteiger partial charge in [0.15, 0.2) is 5.82 Å². The minimum Gasteiger partial charge on any atom is -0.381 e. The molecule has 2 unspecified atom stereocenters. The normalized spacial score (nSPS) is 26.7. The van der Waals surface area contributed by atoms with E-state index in [9.17, 15) is 0 Å². The summed E-state index contributed by atoms with van der Waals surface area (Å²) >= 11 is 0. The average molecular weight is 209 g/mol. The fourth-order valence-corrected chi connectivity index (χ4v) is 2.43. The van der Waals surface area contributed by atoms with Gasteiger partial charge in [0.25, 0.3) is 0 Å². The van der Waals surface area contributed by atoms with E-state index in [-0.39, 0.29) is 0 Å². The molecular weight excluding hydrogens is 190 g/mol. The van der Waals surface area contributed by atoms with Crippen molar-refractivity contribution in [3.8, 4) is 0 Å². The Kier molecular flexibility index (Phi) is 3.20. The van der Waals surface area contributed by atoms with Crippen molar-refractivity contribution in [2.24, 2.45) is 11.7 Å². The van der Waals surface area contributed by atoms with Gasteiger partial charge in [0.05, 0.1) is 12.2 Å². The lowest BCUT2D eigenvalue weighted by Gasteiger charge is -2.28. The van der Waals surface area contributed by atoms with Crippen molar-refractivity contribution < 1.29 is 0 Å². The summed E-state index contributed by atoms with van der Waals surface area (Å²) in [7, 11) is 0. The van der Waals surface area contributed by atoms with Crippen LogP contribution in [0.15, 0.2) is 6.20 Å². The zero-order chi connectivity index (χ0) is 10.7. The second kappa shape index (κ2) is 4.61. The first kappa shape index (κ1) is 10.4. The van der Waals surface area contributed by atoms with Crippen molar-refractivity contribution in [3.05, 3.63) is 6.20 Å². The molecule has 0 bridgehead atoms. The Morgan fingerprint density at radius 2 is 2.33 bits per heavy atom. The van der Waals surface area contributed by atoms with Gasteiger partial charge in [0, 0.05) is 0 Å². The van der Waals surface area contributed by atoms with Gasteiger partial charge in [-0.2, -0.15) is 9.90 Å². The van der Waals surface area contributed by atoms with Gasteiger partial charge in [0.2, 0.25) is 0 Å².